The van der Waals surface area contributed by atoms with Crippen molar-refractivity contribution in [2.24, 2.45) is 0 Å². The first-order chi connectivity index (χ1) is 5.68. The number of hydrogen-bond donors (Lipinski definition) is 2. The third-order valence-electron chi connectivity index (χ3n) is 1.89. The zero-order chi connectivity index (χ0) is 9.45. The largest absolute Gasteiger partial charge is 0.322 e. The van der Waals surface area contributed by atoms with E-state index in [2.05, 4.69) is 42.6 Å². The van der Waals surface area contributed by atoms with E-state index in [0.29, 0.717) is 0 Å². The van der Waals surface area contributed by atoms with Crippen molar-refractivity contribution in [2.45, 2.75) is 33.2 Å². The summed E-state index contributed by atoms with van der Waals surface area (Å²) in [7, 11) is -1.50. The highest BCUT2D eigenvalue weighted by atomic mass is 28.3. The van der Waals surface area contributed by atoms with Gasteiger partial charge in [0.15, 0.2) is 0 Å². The lowest BCUT2D eigenvalue weighted by atomic mass is 10.5. The van der Waals surface area contributed by atoms with Crippen molar-refractivity contribution in [3.8, 4) is 0 Å². The molecule has 72 valence electrons. The van der Waals surface area contributed by atoms with Gasteiger partial charge in [0.1, 0.15) is 0 Å². The molecule has 2 N–H and O–H groups in total. The van der Waals surface area contributed by atoms with Crippen LogP contribution in [-0.2, 0) is 0 Å². The molecule has 3 heteroatoms. The molecule has 0 atom stereocenters. The second-order valence-electron chi connectivity index (χ2n) is 3.26. The predicted octanol–water partition coefficient (Wildman–Crippen LogP) is 1.78. The Balaban J connectivity index is 3.78. The quantitative estimate of drug-likeness (QED) is 0.592. The minimum Gasteiger partial charge on any atom is -0.322 e. The number of nitrogens with one attached hydrogen (secondary N) is 2. The van der Waals surface area contributed by atoms with Crippen LogP contribution >= 0.6 is 0 Å². The summed E-state index contributed by atoms with van der Waals surface area (Å²) in [5.41, 5.74) is 2.07. The molecule has 0 aromatic heterocycles. The van der Waals surface area contributed by atoms with E-state index in [-0.39, 0.29) is 0 Å². The van der Waals surface area contributed by atoms with Gasteiger partial charge in [-0.15, -0.1) is 6.58 Å². The van der Waals surface area contributed by atoms with Crippen LogP contribution in [0.5, 0.6) is 0 Å². The maximum atomic E-state index is 3.88. The minimum absolute atomic E-state index is 1.09. The van der Waals surface area contributed by atoms with E-state index in [0.717, 1.165) is 13.1 Å². The molecule has 0 heterocycles. The molecule has 0 amide bonds. The second kappa shape index (κ2) is 6.40. The molecule has 12 heavy (non-hydrogen) atoms. The van der Waals surface area contributed by atoms with E-state index < -0.39 is 8.40 Å². The third kappa shape index (κ3) is 4.69. The molecule has 0 aromatic rings. The lowest BCUT2D eigenvalue weighted by molar-refractivity contribution is 0.777. The zero-order valence-electron chi connectivity index (χ0n) is 8.61. The van der Waals surface area contributed by atoms with E-state index >= 15 is 0 Å². The zero-order valence-corrected chi connectivity index (χ0v) is 9.61. The van der Waals surface area contributed by atoms with Gasteiger partial charge in [-0.2, -0.15) is 0 Å². The van der Waals surface area contributed by atoms with Crippen molar-refractivity contribution < 1.29 is 0 Å². The Morgan fingerprint density at radius 1 is 1.17 bits per heavy atom. The van der Waals surface area contributed by atoms with Crippen molar-refractivity contribution in [1.82, 2.24) is 9.96 Å². The van der Waals surface area contributed by atoms with E-state index in [1.807, 2.05) is 0 Å². The molecule has 0 bridgehead atoms. The van der Waals surface area contributed by atoms with E-state index in [9.17, 15) is 0 Å². The van der Waals surface area contributed by atoms with Gasteiger partial charge >= 0.3 is 0 Å². The molecule has 0 aliphatic rings. The average molecular weight is 186 g/mol. The monoisotopic (exact) mass is 186 g/mol. The minimum atomic E-state index is -1.50. The van der Waals surface area contributed by atoms with Gasteiger partial charge in [0, 0.05) is 0 Å². The van der Waals surface area contributed by atoms with Gasteiger partial charge < -0.3 is 9.96 Å². The molecular weight excluding hydrogens is 164 g/mol. The van der Waals surface area contributed by atoms with Crippen LogP contribution < -0.4 is 9.96 Å². The Morgan fingerprint density at radius 3 is 1.83 bits per heavy atom. The van der Waals surface area contributed by atoms with Crippen LogP contribution in [0.15, 0.2) is 12.3 Å². The van der Waals surface area contributed by atoms with Crippen molar-refractivity contribution in [1.29, 1.82) is 0 Å². The Bertz CT molecular complexity index is 118. The van der Waals surface area contributed by atoms with Crippen LogP contribution in [0, 0.1) is 0 Å². The van der Waals surface area contributed by atoms with Gasteiger partial charge in [0.05, 0.1) is 0 Å². The Morgan fingerprint density at radius 2 is 1.58 bits per heavy atom. The molecule has 0 saturated heterocycles. The third-order valence-corrected chi connectivity index (χ3v) is 4.68. The lowest BCUT2D eigenvalue weighted by Gasteiger charge is -2.25. The summed E-state index contributed by atoms with van der Waals surface area (Å²) in [6.07, 6.45) is 2.37. The summed E-state index contributed by atoms with van der Waals surface area (Å²) in [5, 5.41) is 0. The summed E-state index contributed by atoms with van der Waals surface area (Å²) < 4.78 is 0. The van der Waals surface area contributed by atoms with Gasteiger partial charge in [0.2, 0.25) is 8.40 Å². The van der Waals surface area contributed by atoms with E-state index in [1.54, 1.807) is 0 Å². The van der Waals surface area contributed by atoms with E-state index in [4.69, 9.17) is 0 Å². The topological polar surface area (TPSA) is 24.1 Å². The smallest absolute Gasteiger partial charge is 0.223 e. The molecule has 0 aliphatic carbocycles. The van der Waals surface area contributed by atoms with Gasteiger partial charge in [-0.25, -0.2) is 0 Å². The maximum absolute atomic E-state index is 3.88. The van der Waals surface area contributed by atoms with Crippen molar-refractivity contribution in [2.75, 3.05) is 13.1 Å². The van der Waals surface area contributed by atoms with Crippen molar-refractivity contribution in [3.63, 3.8) is 0 Å². The first-order valence-electron chi connectivity index (χ1n) is 4.82. The first kappa shape index (κ1) is 11.9. The molecule has 0 unspecified atom stereocenters. The molecule has 0 radical (unpaired) electrons. The standard InChI is InChI=1S/C9H22N2Si/c1-5-8-10-12(4,7-3)11-9-6-2/h7,10-11H,3,5-6,8-9H2,1-2,4H3. The van der Waals surface area contributed by atoms with Crippen LogP contribution in [0.3, 0.4) is 0 Å². The van der Waals surface area contributed by atoms with Gasteiger partial charge in [-0.3, -0.25) is 0 Å². The Hall–Kier alpha value is -0.123. The highest BCUT2D eigenvalue weighted by Gasteiger charge is 2.20. The first-order valence-corrected chi connectivity index (χ1v) is 7.40. The molecule has 0 aliphatic heterocycles. The molecule has 0 saturated carbocycles. The van der Waals surface area contributed by atoms with Crippen LogP contribution in [-0.4, -0.2) is 21.5 Å². The van der Waals surface area contributed by atoms with Crippen LogP contribution in [0.4, 0.5) is 0 Å². The van der Waals surface area contributed by atoms with Crippen LogP contribution in [0.1, 0.15) is 26.7 Å². The normalized spacial score (nSPS) is 11.6. The SMILES string of the molecule is C=C[Si](C)(NCCC)NCCC. The summed E-state index contributed by atoms with van der Waals surface area (Å²) in [4.78, 5) is 7.08. The molecule has 0 fully saturated rings. The lowest BCUT2D eigenvalue weighted by Crippen LogP contribution is -2.59. The molecule has 0 spiro atoms. The fourth-order valence-electron chi connectivity index (χ4n) is 0.976. The van der Waals surface area contributed by atoms with Gasteiger partial charge in [-0.1, -0.05) is 19.5 Å². The molecule has 2 nitrogen and oxygen atoms in total. The van der Waals surface area contributed by atoms with Gasteiger partial charge in [-0.05, 0) is 32.5 Å². The Kier molecular flexibility index (Phi) is 6.33. The van der Waals surface area contributed by atoms with Crippen molar-refractivity contribution >= 4 is 8.40 Å². The number of rotatable bonds is 7. The summed E-state index contributed by atoms with van der Waals surface area (Å²) >= 11 is 0. The highest BCUT2D eigenvalue weighted by molar-refractivity contribution is 6.78. The Labute approximate surface area is 77.6 Å². The van der Waals surface area contributed by atoms with Crippen LogP contribution in [0.25, 0.3) is 0 Å². The van der Waals surface area contributed by atoms with E-state index in [1.165, 1.54) is 12.8 Å². The molecule has 0 rings (SSSR count). The predicted molar refractivity (Wildman–Crippen MR) is 58.4 cm³/mol. The van der Waals surface area contributed by atoms with Gasteiger partial charge in [0.25, 0.3) is 0 Å². The molecular formula is C9H22N2Si. The summed E-state index contributed by atoms with van der Waals surface area (Å²) in [6.45, 7) is 12.7. The summed E-state index contributed by atoms with van der Waals surface area (Å²) in [6, 6.07) is 0. The van der Waals surface area contributed by atoms with Crippen LogP contribution in [0.2, 0.25) is 6.55 Å². The fraction of sp³-hybridized carbons (Fsp3) is 0.778. The highest BCUT2D eigenvalue weighted by Crippen LogP contribution is 1.94. The fourth-order valence-corrected chi connectivity index (χ4v) is 2.93. The number of hydrogen-bond acceptors (Lipinski definition) is 2. The molecule has 0 aromatic carbocycles. The maximum Gasteiger partial charge on any atom is 0.223 e. The summed E-state index contributed by atoms with van der Waals surface area (Å²) in [5.74, 6) is 0. The average Bonchev–Trinajstić information content (AvgIpc) is 2.11. The van der Waals surface area contributed by atoms with Crippen molar-refractivity contribution in [3.05, 3.63) is 12.3 Å². The second-order valence-corrected chi connectivity index (χ2v) is 6.78.